The lowest BCUT2D eigenvalue weighted by Gasteiger charge is -2.22. The van der Waals surface area contributed by atoms with Crippen molar-refractivity contribution < 1.29 is 19.2 Å². The summed E-state index contributed by atoms with van der Waals surface area (Å²) in [5.41, 5.74) is 1.21. The van der Waals surface area contributed by atoms with Gasteiger partial charge in [-0.25, -0.2) is 19.6 Å². The van der Waals surface area contributed by atoms with E-state index in [1.54, 1.807) is 24.4 Å². The second-order valence-corrected chi connectivity index (χ2v) is 7.16. The summed E-state index contributed by atoms with van der Waals surface area (Å²) < 4.78 is 0. The zero-order chi connectivity index (χ0) is 20.4. The van der Waals surface area contributed by atoms with E-state index >= 15 is 0 Å². The summed E-state index contributed by atoms with van der Waals surface area (Å²) in [4.78, 5) is 56.9. The Bertz CT molecular complexity index is 927. The van der Waals surface area contributed by atoms with Crippen LogP contribution in [-0.4, -0.2) is 45.1 Å². The first-order chi connectivity index (χ1) is 13.3. The molecule has 1 saturated heterocycles. The molecule has 8 nitrogen and oxygen atoms in total. The van der Waals surface area contributed by atoms with Crippen LogP contribution >= 0.6 is 11.3 Å². The Kier molecular flexibility index (Phi) is 5.55. The summed E-state index contributed by atoms with van der Waals surface area (Å²) in [6, 6.07) is 7.82. The number of thiazole rings is 1. The number of urea groups is 1. The Balaban J connectivity index is 1.80. The number of anilines is 1. The minimum absolute atomic E-state index is 0.118. The number of nitrogens with zero attached hydrogens (tertiary/aromatic N) is 4. The highest BCUT2D eigenvalue weighted by molar-refractivity contribution is 7.14. The standard InChI is InChI=1S/C19H20N4O4S/c1-4-21(13(3)24)18-20-15(11-28-18)10-22-16(25)17(26)23(19(22)27)12(2)14-8-6-5-7-9-14/h5-9,11-12H,4,10H2,1-3H3. The van der Waals surface area contributed by atoms with Gasteiger partial charge in [-0.05, 0) is 19.4 Å². The van der Waals surface area contributed by atoms with Gasteiger partial charge in [-0.15, -0.1) is 11.3 Å². The van der Waals surface area contributed by atoms with Crippen LogP contribution in [0.1, 0.15) is 38.1 Å². The van der Waals surface area contributed by atoms with Crippen LogP contribution in [-0.2, 0) is 20.9 Å². The van der Waals surface area contributed by atoms with Gasteiger partial charge in [-0.3, -0.25) is 19.3 Å². The van der Waals surface area contributed by atoms with Crippen LogP contribution in [0.4, 0.5) is 9.93 Å². The molecule has 28 heavy (non-hydrogen) atoms. The molecule has 146 valence electrons. The van der Waals surface area contributed by atoms with E-state index in [4.69, 9.17) is 0 Å². The third-order valence-corrected chi connectivity index (χ3v) is 5.45. The average molecular weight is 400 g/mol. The Morgan fingerprint density at radius 1 is 1.18 bits per heavy atom. The van der Waals surface area contributed by atoms with E-state index in [0.717, 1.165) is 15.4 Å². The number of benzene rings is 1. The van der Waals surface area contributed by atoms with Crippen LogP contribution in [0.15, 0.2) is 35.7 Å². The molecule has 1 aliphatic heterocycles. The van der Waals surface area contributed by atoms with Gasteiger partial charge in [0.25, 0.3) is 0 Å². The molecule has 0 bridgehead atoms. The van der Waals surface area contributed by atoms with Crippen LogP contribution in [0.25, 0.3) is 0 Å². The zero-order valence-corrected chi connectivity index (χ0v) is 16.6. The summed E-state index contributed by atoms with van der Waals surface area (Å²) in [7, 11) is 0. The van der Waals surface area contributed by atoms with E-state index in [0.29, 0.717) is 17.4 Å². The number of hydrogen-bond donors (Lipinski definition) is 0. The molecular weight excluding hydrogens is 380 g/mol. The summed E-state index contributed by atoms with van der Waals surface area (Å²) in [6.07, 6.45) is 0. The molecule has 0 radical (unpaired) electrons. The fraction of sp³-hybridized carbons (Fsp3) is 0.316. The highest BCUT2D eigenvalue weighted by Crippen LogP contribution is 2.28. The van der Waals surface area contributed by atoms with Crippen molar-refractivity contribution in [2.24, 2.45) is 0 Å². The van der Waals surface area contributed by atoms with E-state index in [-0.39, 0.29) is 12.5 Å². The number of carbonyl (C=O) groups is 4. The number of aromatic nitrogens is 1. The van der Waals surface area contributed by atoms with Crippen molar-refractivity contribution in [1.82, 2.24) is 14.8 Å². The van der Waals surface area contributed by atoms with Gasteiger partial charge in [-0.2, -0.15) is 0 Å². The van der Waals surface area contributed by atoms with Gasteiger partial charge >= 0.3 is 17.8 Å². The van der Waals surface area contributed by atoms with Crippen molar-refractivity contribution in [2.75, 3.05) is 11.4 Å². The Labute approximate surface area is 166 Å². The lowest BCUT2D eigenvalue weighted by atomic mass is 10.1. The van der Waals surface area contributed by atoms with Crippen molar-refractivity contribution in [3.63, 3.8) is 0 Å². The summed E-state index contributed by atoms with van der Waals surface area (Å²) in [6.45, 7) is 5.32. The second kappa shape index (κ2) is 7.89. The molecule has 1 aliphatic rings. The smallest absolute Gasteiger partial charge is 0.289 e. The molecule has 0 N–H and O–H groups in total. The maximum absolute atomic E-state index is 12.8. The van der Waals surface area contributed by atoms with Gasteiger partial charge in [0.15, 0.2) is 5.13 Å². The van der Waals surface area contributed by atoms with E-state index in [1.807, 2.05) is 25.1 Å². The normalized spacial score (nSPS) is 15.3. The maximum Gasteiger partial charge on any atom is 0.335 e. The highest BCUT2D eigenvalue weighted by atomic mass is 32.1. The van der Waals surface area contributed by atoms with Crippen molar-refractivity contribution in [1.29, 1.82) is 0 Å². The third-order valence-electron chi connectivity index (χ3n) is 4.54. The number of rotatable bonds is 6. The lowest BCUT2D eigenvalue weighted by Crippen LogP contribution is -2.35. The number of hydrogen-bond acceptors (Lipinski definition) is 6. The van der Waals surface area contributed by atoms with Crippen LogP contribution in [0.3, 0.4) is 0 Å². The molecule has 1 atom stereocenters. The lowest BCUT2D eigenvalue weighted by molar-refractivity contribution is -0.144. The van der Waals surface area contributed by atoms with E-state index in [1.165, 1.54) is 23.2 Å². The quantitative estimate of drug-likeness (QED) is 0.549. The molecule has 2 heterocycles. The van der Waals surface area contributed by atoms with Crippen molar-refractivity contribution in [3.8, 4) is 0 Å². The van der Waals surface area contributed by atoms with E-state index in [2.05, 4.69) is 4.98 Å². The molecule has 1 aromatic heterocycles. The van der Waals surface area contributed by atoms with Crippen LogP contribution in [0.5, 0.6) is 0 Å². The van der Waals surface area contributed by atoms with Gasteiger partial charge in [0, 0.05) is 18.8 Å². The number of imide groups is 2. The van der Waals surface area contributed by atoms with Crippen molar-refractivity contribution in [2.45, 2.75) is 33.4 Å². The minimum Gasteiger partial charge on any atom is -0.289 e. The average Bonchev–Trinajstić information content (AvgIpc) is 3.21. The molecule has 5 amide bonds. The summed E-state index contributed by atoms with van der Waals surface area (Å²) >= 11 is 1.25. The second-order valence-electron chi connectivity index (χ2n) is 6.32. The predicted octanol–water partition coefficient (Wildman–Crippen LogP) is 2.57. The van der Waals surface area contributed by atoms with Crippen LogP contribution in [0, 0.1) is 0 Å². The topological polar surface area (TPSA) is 90.9 Å². The summed E-state index contributed by atoms with van der Waals surface area (Å²) in [5, 5.41) is 2.17. The molecule has 9 heteroatoms. The van der Waals surface area contributed by atoms with Crippen LogP contribution < -0.4 is 4.90 Å². The SMILES string of the molecule is CCN(C(C)=O)c1nc(CN2C(=O)C(=O)N(C(C)c3ccccc3)C2=O)cs1. The fourth-order valence-corrected chi connectivity index (χ4v) is 3.95. The maximum atomic E-state index is 12.8. The molecule has 1 fully saturated rings. The molecule has 1 aromatic carbocycles. The predicted molar refractivity (Wildman–Crippen MR) is 103 cm³/mol. The van der Waals surface area contributed by atoms with Gasteiger partial charge in [0.1, 0.15) is 0 Å². The Hall–Kier alpha value is -3.07. The molecule has 3 rings (SSSR count). The van der Waals surface area contributed by atoms with Crippen LogP contribution in [0.2, 0.25) is 0 Å². The van der Waals surface area contributed by atoms with Crippen molar-refractivity contribution >= 4 is 40.2 Å². The molecule has 0 saturated carbocycles. The van der Waals surface area contributed by atoms with Gasteiger partial charge in [-0.1, -0.05) is 30.3 Å². The molecule has 2 aromatic rings. The van der Waals surface area contributed by atoms with Gasteiger partial charge < -0.3 is 0 Å². The first kappa shape index (κ1) is 19.7. The van der Waals surface area contributed by atoms with Crippen molar-refractivity contribution in [3.05, 3.63) is 47.0 Å². The molecular formula is C19H20N4O4S. The van der Waals surface area contributed by atoms with Gasteiger partial charge in [0.05, 0.1) is 18.3 Å². The zero-order valence-electron chi connectivity index (χ0n) is 15.8. The highest BCUT2D eigenvalue weighted by Gasteiger charge is 2.47. The largest absolute Gasteiger partial charge is 0.335 e. The van der Waals surface area contributed by atoms with Gasteiger partial charge in [0.2, 0.25) is 5.91 Å². The number of amides is 5. The molecule has 0 spiro atoms. The fourth-order valence-electron chi connectivity index (χ4n) is 3.03. The minimum atomic E-state index is -0.874. The van der Waals surface area contributed by atoms with E-state index in [9.17, 15) is 19.2 Å². The first-order valence-electron chi connectivity index (χ1n) is 8.81. The Morgan fingerprint density at radius 2 is 1.86 bits per heavy atom. The molecule has 1 unspecified atom stereocenters. The summed E-state index contributed by atoms with van der Waals surface area (Å²) in [5.74, 6) is -1.87. The monoisotopic (exact) mass is 400 g/mol. The Morgan fingerprint density at radius 3 is 2.46 bits per heavy atom. The number of carbonyl (C=O) groups excluding carboxylic acids is 4. The molecule has 0 aliphatic carbocycles. The van der Waals surface area contributed by atoms with E-state index < -0.39 is 23.9 Å². The third kappa shape index (κ3) is 3.53. The first-order valence-corrected chi connectivity index (χ1v) is 9.69.